The second-order valence-electron chi connectivity index (χ2n) is 5.19. The molecule has 1 saturated carbocycles. The molecule has 1 aromatic heterocycles. The first-order chi connectivity index (χ1) is 8.93. The lowest BCUT2D eigenvalue weighted by Gasteiger charge is -2.15. The molecular formula is C14H19NO4. The van der Waals surface area contributed by atoms with Gasteiger partial charge in [-0.3, -0.25) is 4.79 Å². The third-order valence-electron chi connectivity index (χ3n) is 3.57. The predicted octanol–water partition coefficient (Wildman–Crippen LogP) is 1.99. The fourth-order valence-electron chi connectivity index (χ4n) is 2.20. The number of amides is 1. The number of esters is 1. The van der Waals surface area contributed by atoms with Gasteiger partial charge in [-0.1, -0.05) is 6.92 Å². The molecule has 1 heterocycles. The summed E-state index contributed by atoms with van der Waals surface area (Å²) in [5.74, 6) is 1.48. The van der Waals surface area contributed by atoms with Crippen molar-refractivity contribution in [3.05, 3.63) is 23.2 Å². The number of carbonyl (C=O) groups is 2. The van der Waals surface area contributed by atoms with Gasteiger partial charge >= 0.3 is 5.97 Å². The minimum Gasteiger partial charge on any atom is -0.465 e. The number of rotatable bonds is 4. The molecule has 1 fully saturated rings. The van der Waals surface area contributed by atoms with Crippen LogP contribution in [0.4, 0.5) is 0 Å². The zero-order valence-corrected chi connectivity index (χ0v) is 11.7. The predicted molar refractivity (Wildman–Crippen MR) is 68.5 cm³/mol. The van der Waals surface area contributed by atoms with E-state index >= 15 is 0 Å². The van der Waals surface area contributed by atoms with Crippen molar-refractivity contribution in [3.63, 3.8) is 0 Å². The smallest absolute Gasteiger partial charge is 0.341 e. The lowest BCUT2D eigenvalue weighted by molar-refractivity contribution is -0.132. The van der Waals surface area contributed by atoms with E-state index in [2.05, 4.69) is 11.7 Å². The molecule has 0 saturated heterocycles. The molecule has 0 bridgehead atoms. The monoisotopic (exact) mass is 265 g/mol. The number of carbonyl (C=O) groups excluding carboxylic acids is 2. The van der Waals surface area contributed by atoms with Crippen LogP contribution in [0, 0.1) is 18.8 Å². The van der Waals surface area contributed by atoms with Crippen LogP contribution in [-0.2, 0) is 16.1 Å². The third kappa shape index (κ3) is 2.80. The molecule has 5 nitrogen and oxygen atoms in total. The molecule has 1 aliphatic carbocycles. The van der Waals surface area contributed by atoms with Crippen LogP contribution >= 0.6 is 0 Å². The van der Waals surface area contributed by atoms with Gasteiger partial charge in [0.2, 0.25) is 5.91 Å². The minimum absolute atomic E-state index is 0.140. The molecule has 104 valence electrons. The van der Waals surface area contributed by atoms with E-state index in [1.807, 2.05) is 0 Å². The molecule has 0 radical (unpaired) electrons. The Morgan fingerprint density at radius 2 is 2.16 bits per heavy atom. The lowest BCUT2D eigenvalue weighted by atomic mass is 10.2. The molecule has 2 atom stereocenters. The number of hydrogen-bond donors (Lipinski definition) is 0. The van der Waals surface area contributed by atoms with E-state index in [4.69, 9.17) is 4.42 Å². The van der Waals surface area contributed by atoms with E-state index in [1.54, 1.807) is 24.9 Å². The lowest BCUT2D eigenvalue weighted by Crippen LogP contribution is -2.27. The molecule has 2 rings (SSSR count). The molecule has 19 heavy (non-hydrogen) atoms. The summed E-state index contributed by atoms with van der Waals surface area (Å²) < 4.78 is 10.2. The second kappa shape index (κ2) is 5.07. The van der Waals surface area contributed by atoms with Gasteiger partial charge in [-0.2, -0.15) is 0 Å². The van der Waals surface area contributed by atoms with Crippen molar-refractivity contribution in [2.45, 2.75) is 26.8 Å². The molecule has 0 spiro atoms. The highest BCUT2D eigenvalue weighted by Crippen LogP contribution is 2.39. The first-order valence-electron chi connectivity index (χ1n) is 6.36. The number of methoxy groups -OCH3 is 1. The van der Waals surface area contributed by atoms with Gasteiger partial charge in [0.05, 0.1) is 13.7 Å². The highest BCUT2D eigenvalue weighted by molar-refractivity contribution is 5.90. The number of aryl methyl sites for hydroxylation is 1. The van der Waals surface area contributed by atoms with Crippen molar-refractivity contribution < 1.29 is 18.7 Å². The van der Waals surface area contributed by atoms with Crippen LogP contribution < -0.4 is 0 Å². The fourth-order valence-corrected chi connectivity index (χ4v) is 2.20. The molecule has 5 heteroatoms. The van der Waals surface area contributed by atoms with Crippen molar-refractivity contribution in [1.82, 2.24) is 4.90 Å². The average molecular weight is 265 g/mol. The van der Waals surface area contributed by atoms with Crippen LogP contribution in [0.1, 0.15) is 35.2 Å². The maximum atomic E-state index is 12.0. The molecule has 0 aromatic carbocycles. The minimum atomic E-state index is -0.419. The summed E-state index contributed by atoms with van der Waals surface area (Å²) in [5.41, 5.74) is 0.415. The average Bonchev–Trinajstić information content (AvgIpc) is 2.99. The van der Waals surface area contributed by atoms with Crippen molar-refractivity contribution in [2.75, 3.05) is 14.2 Å². The number of nitrogens with zero attached hydrogens (tertiary/aromatic N) is 1. The highest BCUT2D eigenvalue weighted by atomic mass is 16.5. The Hall–Kier alpha value is -1.78. The SMILES string of the molecule is COC(=O)c1cc(CN(C)C(=O)C2CC2C)oc1C. The number of ether oxygens (including phenoxy) is 1. The van der Waals surface area contributed by atoms with Gasteiger partial charge in [-0.15, -0.1) is 0 Å². The van der Waals surface area contributed by atoms with E-state index in [0.717, 1.165) is 6.42 Å². The summed E-state index contributed by atoms with van der Waals surface area (Å²) in [6.07, 6.45) is 0.966. The van der Waals surface area contributed by atoms with Crippen LogP contribution in [0.5, 0.6) is 0 Å². The zero-order chi connectivity index (χ0) is 14.2. The van der Waals surface area contributed by atoms with Crippen molar-refractivity contribution in [3.8, 4) is 0 Å². The van der Waals surface area contributed by atoms with Crippen LogP contribution in [0.25, 0.3) is 0 Å². The number of furan rings is 1. The van der Waals surface area contributed by atoms with E-state index in [-0.39, 0.29) is 11.8 Å². The first-order valence-corrected chi connectivity index (χ1v) is 6.36. The van der Waals surface area contributed by atoms with Gasteiger partial charge < -0.3 is 14.1 Å². The molecule has 2 unspecified atom stereocenters. The highest BCUT2D eigenvalue weighted by Gasteiger charge is 2.40. The molecule has 1 aromatic rings. The Kier molecular flexibility index (Phi) is 3.64. The maximum Gasteiger partial charge on any atom is 0.341 e. The van der Waals surface area contributed by atoms with E-state index in [9.17, 15) is 9.59 Å². The van der Waals surface area contributed by atoms with Crippen molar-refractivity contribution in [2.24, 2.45) is 11.8 Å². The molecule has 0 N–H and O–H groups in total. The number of hydrogen-bond acceptors (Lipinski definition) is 4. The van der Waals surface area contributed by atoms with Gasteiger partial charge in [0.1, 0.15) is 17.1 Å². The van der Waals surface area contributed by atoms with Crippen LogP contribution in [0.3, 0.4) is 0 Å². The standard InChI is InChI=1S/C14H19NO4/c1-8-5-11(8)13(16)15(3)7-10-6-12(9(2)19-10)14(17)18-4/h6,8,11H,5,7H2,1-4H3. The summed E-state index contributed by atoms with van der Waals surface area (Å²) in [5, 5.41) is 0. The summed E-state index contributed by atoms with van der Waals surface area (Å²) in [7, 11) is 3.08. The summed E-state index contributed by atoms with van der Waals surface area (Å²) in [6, 6.07) is 1.64. The quantitative estimate of drug-likeness (QED) is 0.781. The van der Waals surface area contributed by atoms with Gasteiger partial charge in [0.15, 0.2) is 0 Å². The normalized spacial score (nSPS) is 21.1. The summed E-state index contributed by atoms with van der Waals surface area (Å²) in [4.78, 5) is 25.1. The molecule has 1 aliphatic rings. The van der Waals surface area contributed by atoms with E-state index < -0.39 is 5.97 Å². The summed E-state index contributed by atoms with van der Waals surface area (Å²) in [6.45, 7) is 4.16. The molecular weight excluding hydrogens is 246 g/mol. The largest absolute Gasteiger partial charge is 0.465 e. The Morgan fingerprint density at radius 3 is 2.68 bits per heavy atom. The van der Waals surface area contributed by atoms with Gasteiger partial charge in [0.25, 0.3) is 0 Å². The van der Waals surface area contributed by atoms with Gasteiger partial charge in [-0.25, -0.2) is 4.79 Å². The fraction of sp³-hybridized carbons (Fsp3) is 0.571. The zero-order valence-electron chi connectivity index (χ0n) is 11.7. The Bertz CT molecular complexity index is 506. The van der Waals surface area contributed by atoms with Crippen LogP contribution in [0.15, 0.2) is 10.5 Å². The molecule has 0 aliphatic heterocycles. The third-order valence-corrected chi connectivity index (χ3v) is 3.57. The Labute approximate surface area is 112 Å². The van der Waals surface area contributed by atoms with Gasteiger partial charge in [-0.05, 0) is 25.3 Å². The second-order valence-corrected chi connectivity index (χ2v) is 5.19. The first kappa shape index (κ1) is 13.6. The van der Waals surface area contributed by atoms with Crippen LogP contribution in [0.2, 0.25) is 0 Å². The summed E-state index contributed by atoms with van der Waals surface area (Å²) >= 11 is 0. The van der Waals surface area contributed by atoms with Crippen molar-refractivity contribution in [1.29, 1.82) is 0 Å². The molecule has 1 amide bonds. The van der Waals surface area contributed by atoms with Crippen molar-refractivity contribution >= 4 is 11.9 Å². The Balaban J connectivity index is 2.03. The van der Waals surface area contributed by atoms with Crippen LogP contribution in [-0.4, -0.2) is 30.9 Å². The van der Waals surface area contributed by atoms with E-state index in [0.29, 0.717) is 29.5 Å². The Morgan fingerprint density at radius 1 is 1.53 bits per heavy atom. The topological polar surface area (TPSA) is 59.8 Å². The maximum absolute atomic E-state index is 12.0. The van der Waals surface area contributed by atoms with Gasteiger partial charge in [0, 0.05) is 13.0 Å². The van der Waals surface area contributed by atoms with E-state index in [1.165, 1.54) is 7.11 Å².